The van der Waals surface area contributed by atoms with Gasteiger partial charge in [0.05, 0.1) is 11.0 Å². The third kappa shape index (κ3) is 6.61. The first kappa shape index (κ1) is 27.1. The third-order valence-electron chi connectivity index (χ3n) is 6.21. The summed E-state index contributed by atoms with van der Waals surface area (Å²) >= 11 is 3.37. The van der Waals surface area contributed by atoms with Crippen LogP contribution in [0.4, 0.5) is 17.6 Å². The van der Waals surface area contributed by atoms with Crippen LogP contribution in [0.2, 0.25) is 0 Å². The van der Waals surface area contributed by atoms with E-state index < -0.39 is 34.9 Å². The molecule has 0 aromatic heterocycles. The van der Waals surface area contributed by atoms with E-state index in [1.54, 1.807) is 7.05 Å². The fraction of sp³-hybridized carbons (Fsp3) is 0.440. The Bertz CT molecular complexity index is 1070. The van der Waals surface area contributed by atoms with Crippen LogP contribution in [-0.2, 0) is 27.6 Å². The zero-order chi connectivity index (χ0) is 26.0. The number of carbonyl (C=O) groups is 2. The van der Waals surface area contributed by atoms with Gasteiger partial charge in [0, 0.05) is 36.6 Å². The number of hydrogen-bond acceptors (Lipinski definition) is 3. The zero-order valence-electron chi connectivity index (χ0n) is 19.8. The SMILES string of the molecule is CN(C)CCN(C)C(=O)C(Cc1ccc(Br)cc1)NC(=O)C1(c2ccc(C(F)(F)F)cc2F)CC1. The summed E-state index contributed by atoms with van der Waals surface area (Å²) in [6.45, 7) is 1.07. The molecule has 2 aromatic rings. The first-order valence-corrected chi connectivity index (χ1v) is 11.9. The molecule has 1 fully saturated rings. The lowest BCUT2D eigenvalue weighted by molar-refractivity contribution is -0.138. The normalized spacial score (nSPS) is 15.6. The van der Waals surface area contributed by atoms with Crippen LogP contribution in [-0.4, -0.2) is 61.9 Å². The first-order chi connectivity index (χ1) is 16.3. The molecule has 2 aromatic carbocycles. The zero-order valence-corrected chi connectivity index (χ0v) is 21.3. The van der Waals surface area contributed by atoms with Crippen molar-refractivity contribution in [2.24, 2.45) is 0 Å². The molecule has 1 N–H and O–H groups in total. The minimum atomic E-state index is -4.68. The topological polar surface area (TPSA) is 52.6 Å². The average Bonchev–Trinajstić information content (AvgIpc) is 3.59. The van der Waals surface area contributed by atoms with Crippen molar-refractivity contribution in [1.82, 2.24) is 15.1 Å². The van der Waals surface area contributed by atoms with E-state index in [0.29, 0.717) is 19.2 Å². The van der Waals surface area contributed by atoms with E-state index in [2.05, 4.69) is 21.2 Å². The van der Waals surface area contributed by atoms with E-state index in [1.165, 1.54) is 4.90 Å². The molecular weight excluding hydrogens is 530 g/mol. The third-order valence-corrected chi connectivity index (χ3v) is 6.74. The molecule has 1 aliphatic rings. The molecule has 1 atom stereocenters. The Hall–Kier alpha value is -2.46. The summed E-state index contributed by atoms with van der Waals surface area (Å²) in [7, 11) is 5.42. The standard InChI is InChI=1S/C25H28BrF4N3O2/c1-32(2)12-13-33(3)22(34)21(14-16-4-7-18(26)8-5-16)31-23(35)24(10-11-24)19-9-6-17(15-20(19)27)25(28,29)30/h4-9,15,21H,10-14H2,1-3H3,(H,31,35). The van der Waals surface area contributed by atoms with Gasteiger partial charge in [-0.05, 0) is 56.8 Å². The molecule has 5 nitrogen and oxygen atoms in total. The van der Waals surface area contributed by atoms with Gasteiger partial charge in [0.2, 0.25) is 11.8 Å². The number of rotatable bonds is 9. The minimum absolute atomic E-state index is 0.0844. The van der Waals surface area contributed by atoms with Gasteiger partial charge >= 0.3 is 6.18 Å². The summed E-state index contributed by atoms with van der Waals surface area (Å²) in [5.41, 5.74) is -1.66. The fourth-order valence-corrected chi connectivity index (χ4v) is 4.17. The highest BCUT2D eigenvalue weighted by Crippen LogP contribution is 2.50. The predicted molar refractivity (Wildman–Crippen MR) is 128 cm³/mol. The summed E-state index contributed by atoms with van der Waals surface area (Å²) in [4.78, 5) is 30.0. The Kier molecular flexibility index (Phi) is 8.26. The van der Waals surface area contributed by atoms with Gasteiger partial charge < -0.3 is 15.1 Å². The van der Waals surface area contributed by atoms with Crippen molar-refractivity contribution in [1.29, 1.82) is 0 Å². The number of alkyl halides is 3. The Morgan fingerprint density at radius 1 is 1.06 bits per heavy atom. The average molecular weight is 558 g/mol. The Morgan fingerprint density at radius 3 is 2.20 bits per heavy atom. The highest BCUT2D eigenvalue weighted by molar-refractivity contribution is 9.10. The van der Waals surface area contributed by atoms with E-state index in [-0.39, 0.29) is 30.7 Å². The molecule has 0 bridgehead atoms. The minimum Gasteiger partial charge on any atom is -0.343 e. The number of nitrogens with zero attached hydrogens (tertiary/aromatic N) is 2. The van der Waals surface area contributed by atoms with Crippen molar-refractivity contribution in [3.8, 4) is 0 Å². The molecule has 0 spiro atoms. The maximum atomic E-state index is 14.7. The smallest absolute Gasteiger partial charge is 0.343 e. The van der Waals surface area contributed by atoms with E-state index in [0.717, 1.165) is 22.2 Å². The number of benzene rings is 2. The number of hydrogen-bond donors (Lipinski definition) is 1. The van der Waals surface area contributed by atoms with Crippen LogP contribution in [0.3, 0.4) is 0 Å². The molecule has 10 heteroatoms. The van der Waals surface area contributed by atoms with Crippen molar-refractivity contribution >= 4 is 27.7 Å². The van der Waals surface area contributed by atoms with Gasteiger partial charge in [-0.25, -0.2) is 4.39 Å². The molecule has 0 heterocycles. The molecule has 1 unspecified atom stereocenters. The number of nitrogens with one attached hydrogen (secondary N) is 1. The molecule has 0 radical (unpaired) electrons. The van der Waals surface area contributed by atoms with Gasteiger partial charge in [0.15, 0.2) is 0 Å². The molecule has 2 amide bonds. The summed E-state index contributed by atoms with van der Waals surface area (Å²) < 4.78 is 54.4. The van der Waals surface area contributed by atoms with Crippen LogP contribution < -0.4 is 5.32 Å². The first-order valence-electron chi connectivity index (χ1n) is 11.2. The van der Waals surface area contributed by atoms with Gasteiger partial charge in [0.1, 0.15) is 11.9 Å². The molecule has 3 rings (SSSR count). The van der Waals surface area contributed by atoms with Crippen LogP contribution >= 0.6 is 15.9 Å². The van der Waals surface area contributed by atoms with E-state index in [9.17, 15) is 27.2 Å². The lowest BCUT2D eigenvalue weighted by Crippen LogP contribution is -2.52. The van der Waals surface area contributed by atoms with Crippen LogP contribution in [0.25, 0.3) is 0 Å². The largest absolute Gasteiger partial charge is 0.416 e. The van der Waals surface area contributed by atoms with Crippen LogP contribution in [0.1, 0.15) is 29.5 Å². The predicted octanol–water partition coefficient (Wildman–Crippen LogP) is 4.39. The summed E-state index contributed by atoms with van der Waals surface area (Å²) in [5, 5.41) is 2.78. The molecule has 0 aliphatic heterocycles. The molecule has 190 valence electrons. The van der Waals surface area contributed by atoms with Crippen molar-refractivity contribution in [3.63, 3.8) is 0 Å². The summed E-state index contributed by atoms with van der Waals surface area (Å²) in [5.74, 6) is -1.94. The van der Waals surface area contributed by atoms with Crippen LogP contribution in [0.15, 0.2) is 46.9 Å². The van der Waals surface area contributed by atoms with Gasteiger partial charge in [0.25, 0.3) is 0 Å². The second kappa shape index (κ2) is 10.7. The lowest BCUT2D eigenvalue weighted by atomic mass is 9.92. The Balaban J connectivity index is 1.83. The van der Waals surface area contributed by atoms with Gasteiger partial charge in [-0.2, -0.15) is 13.2 Å². The number of halogens is 5. The Morgan fingerprint density at radius 2 is 1.69 bits per heavy atom. The number of amides is 2. The van der Waals surface area contributed by atoms with E-state index in [4.69, 9.17) is 0 Å². The van der Waals surface area contributed by atoms with Gasteiger partial charge in [-0.1, -0.05) is 34.1 Å². The maximum Gasteiger partial charge on any atom is 0.416 e. The Labute approximate surface area is 210 Å². The maximum absolute atomic E-state index is 14.7. The lowest BCUT2D eigenvalue weighted by Gasteiger charge is -2.27. The molecule has 1 saturated carbocycles. The van der Waals surface area contributed by atoms with Gasteiger partial charge in [-0.3, -0.25) is 9.59 Å². The highest BCUT2D eigenvalue weighted by Gasteiger charge is 2.53. The number of likely N-dealkylation sites (N-methyl/N-ethyl adjacent to an activating group) is 2. The number of carbonyl (C=O) groups excluding carboxylic acids is 2. The monoisotopic (exact) mass is 557 g/mol. The quantitative estimate of drug-likeness (QED) is 0.465. The molecular formula is C25H28BrF4N3O2. The summed E-state index contributed by atoms with van der Waals surface area (Å²) in [6.07, 6.45) is -3.89. The van der Waals surface area contributed by atoms with Crippen molar-refractivity contribution < 1.29 is 27.2 Å². The fourth-order valence-electron chi connectivity index (χ4n) is 3.90. The van der Waals surface area contributed by atoms with Crippen molar-refractivity contribution in [2.75, 3.05) is 34.2 Å². The van der Waals surface area contributed by atoms with Gasteiger partial charge in [-0.15, -0.1) is 0 Å². The molecule has 35 heavy (non-hydrogen) atoms. The second-order valence-corrected chi connectivity index (χ2v) is 10.1. The van der Waals surface area contributed by atoms with E-state index in [1.807, 2.05) is 43.3 Å². The van der Waals surface area contributed by atoms with E-state index >= 15 is 0 Å². The van der Waals surface area contributed by atoms with Crippen LogP contribution in [0, 0.1) is 5.82 Å². The second-order valence-electron chi connectivity index (χ2n) is 9.19. The molecule has 1 aliphatic carbocycles. The van der Waals surface area contributed by atoms with Crippen LogP contribution in [0.5, 0.6) is 0 Å². The summed E-state index contributed by atoms with van der Waals surface area (Å²) in [6, 6.07) is 8.64. The highest BCUT2D eigenvalue weighted by atomic mass is 79.9. The molecule has 0 saturated heterocycles. The van der Waals surface area contributed by atoms with Crippen molar-refractivity contribution in [3.05, 3.63) is 69.4 Å². The van der Waals surface area contributed by atoms with Crippen molar-refractivity contribution in [2.45, 2.75) is 36.9 Å².